The first-order chi connectivity index (χ1) is 11.8. The predicted molar refractivity (Wildman–Crippen MR) is 93.2 cm³/mol. The molecular formula is C18H14ClF3O2S. The third-order valence-corrected chi connectivity index (χ3v) is 4.53. The zero-order valence-electron chi connectivity index (χ0n) is 13.0. The van der Waals surface area contributed by atoms with E-state index in [1.807, 2.05) is 6.07 Å². The minimum absolute atomic E-state index is 0.204. The topological polar surface area (TPSA) is 18.5 Å². The van der Waals surface area contributed by atoms with Gasteiger partial charge in [0.1, 0.15) is 18.1 Å². The standard InChI is InChI=1S/C18H14ClF3O2S/c1-12(11-25-15-7-8-17(23-2)16(19)9-15)10-24-14-5-3-13(4-6-14)18(20,21)22/h2-9H,1,10-11H2. The second kappa shape index (κ2) is 8.54. The third kappa shape index (κ3) is 5.90. The molecule has 2 radical (unpaired) electrons. The molecule has 0 aliphatic rings. The van der Waals surface area contributed by atoms with Crippen LogP contribution in [0.5, 0.6) is 11.5 Å². The lowest BCUT2D eigenvalue weighted by Crippen LogP contribution is -2.05. The molecule has 0 unspecified atom stereocenters. The Kier molecular flexibility index (Phi) is 6.67. The summed E-state index contributed by atoms with van der Waals surface area (Å²) < 4.78 is 47.5. The molecule has 2 aromatic rings. The Balaban J connectivity index is 1.82. The molecule has 0 atom stereocenters. The summed E-state index contributed by atoms with van der Waals surface area (Å²) in [7, 11) is 5.07. The van der Waals surface area contributed by atoms with Gasteiger partial charge in [0.05, 0.1) is 10.6 Å². The Morgan fingerprint density at radius 2 is 1.84 bits per heavy atom. The highest BCUT2D eigenvalue weighted by Crippen LogP contribution is 2.31. The fourth-order valence-corrected chi connectivity index (χ4v) is 2.93. The van der Waals surface area contributed by atoms with Crippen LogP contribution in [-0.4, -0.2) is 12.4 Å². The van der Waals surface area contributed by atoms with E-state index in [1.165, 1.54) is 23.9 Å². The summed E-state index contributed by atoms with van der Waals surface area (Å²) in [6, 6.07) is 9.72. The number of thioether (sulfide) groups is 1. The van der Waals surface area contributed by atoms with Crippen molar-refractivity contribution < 1.29 is 22.6 Å². The molecule has 0 spiro atoms. The number of hydrogen-bond acceptors (Lipinski definition) is 3. The van der Waals surface area contributed by atoms with Gasteiger partial charge in [-0.3, -0.25) is 0 Å². The molecule has 0 saturated carbocycles. The molecule has 0 aliphatic carbocycles. The first-order valence-electron chi connectivity index (χ1n) is 7.05. The molecule has 0 saturated heterocycles. The van der Waals surface area contributed by atoms with Crippen LogP contribution < -0.4 is 9.47 Å². The molecule has 0 aromatic heterocycles. The van der Waals surface area contributed by atoms with E-state index in [9.17, 15) is 13.2 Å². The zero-order chi connectivity index (χ0) is 18.4. The van der Waals surface area contributed by atoms with Gasteiger partial charge in [-0.25, -0.2) is 0 Å². The van der Waals surface area contributed by atoms with E-state index < -0.39 is 11.7 Å². The fraction of sp³-hybridized carbons (Fsp3) is 0.167. The third-order valence-electron chi connectivity index (χ3n) is 3.10. The summed E-state index contributed by atoms with van der Waals surface area (Å²) >= 11 is 7.48. The number of benzene rings is 2. The molecule has 7 heteroatoms. The molecule has 0 aliphatic heterocycles. The summed E-state index contributed by atoms with van der Waals surface area (Å²) in [5.41, 5.74) is 0.0659. The molecule has 2 nitrogen and oxygen atoms in total. The van der Waals surface area contributed by atoms with E-state index in [4.69, 9.17) is 23.4 Å². The van der Waals surface area contributed by atoms with Gasteiger partial charge in [0.2, 0.25) is 0 Å². The summed E-state index contributed by atoms with van der Waals surface area (Å²) in [5.74, 6) is 1.31. The van der Waals surface area contributed by atoms with Gasteiger partial charge < -0.3 is 9.47 Å². The first-order valence-corrected chi connectivity index (χ1v) is 8.41. The SMILES string of the molecule is [CH]Oc1ccc(SCC(=C)COc2ccc(C(F)(F)F)cc2)cc1Cl. The van der Waals surface area contributed by atoms with Gasteiger partial charge in [0, 0.05) is 10.6 Å². The van der Waals surface area contributed by atoms with Crippen molar-refractivity contribution in [2.75, 3.05) is 12.4 Å². The highest BCUT2D eigenvalue weighted by atomic mass is 35.5. The Bertz CT molecular complexity index is 730. The summed E-state index contributed by atoms with van der Waals surface area (Å²) in [5, 5.41) is 0.402. The molecule has 0 bridgehead atoms. The lowest BCUT2D eigenvalue weighted by molar-refractivity contribution is -0.137. The van der Waals surface area contributed by atoms with Crippen LogP contribution in [0.4, 0.5) is 13.2 Å². The van der Waals surface area contributed by atoms with Crippen LogP contribution in [0.3, 0.4) is 0 Å². The lowest BCUT2D eigenvalue weighted by Gasteiger charge is -2.11. The van der Waals surface area contributed by atoms with Crippen LogP contribution in [0.2, 0.25) is 5.02 Å². The van der Waals surface area contributed by atoms with Crippen molar-refractivity contribution in [3.8, 4) is 11.5 Å². The second-order valence-electron chi connectivity index (χ2n) is 5.06. The highest BCUT2D eigenvalue weighted by molar-refractivity contribution is 7.99. The lowest BCUT2D eigenvalue weighted by atomic mass is 10.2. The van der Waals surface area contributed by atoms with Crippen molar-refractivity contribution in [2.45, 2.75) is 11.1 Å². The summed E-state index contributed by atoms with van der Waals surface area (Å²) in [6.07, 6.45) is -4.36. The first kappa shape index (κ1) is 19.5. The average Bonchev–Trinajstić information content (AvgIpc) is 2.58. The Labute approximate surface area is 153 Å². The van der Waals surface area contributed by atoms with Gasteiger partial charge in [-0.2, -0.15) is 13.2 Å². The Morgan fingerprint density at radius 1 is 1.16 bits per heavy atom. The Morgan fingerprint density at radius 3 is 2.40 bits per heavy atom. The van der Waals surface area contributed by atoms with Gasteiger partial charge in [0.15, 0.2) is 7.11 Å². The smallest absolute Gasteiger partial charge is 0.416 e. The van der Waals surface area contributed by atoms with E-state index in [0.717, 1.165) is 22.6 Å². The normalized spacial score (nSPS) is 11.2. The van der Waals surface area contributed by atoms with Crippen LogP contribution in [-0.2, 0) is 6.18 Å². The van der Waals surface area contributed by atoms with Crippen LogP contribution in [0.1, 0.15) is 5.56 Å². The molecule has 0 N–H and O–H groups in total. The van der Waals surface area contributed by atoms with Gasteiger partial charge in [-0.15, -0.1) is 11.8 Å². The van der Waals surface area contributed by atoms with Crippen LogP contribution in [0.25, 0.3) is 0 Å². The van der Waals surface area contributed by atoms with E-state index >= 15 is 0 Å². The van der Waals surface area contributed by atoms with Crippen LogP contribution in [0, 0.1) is 7.11 Å². The molecule has 25 heavy (non-hydrogen) atoms. The minimum atomic E-state index is -4.36. The highest BCUT2D eigenvalue weighted by Gasteiger charge is 2.29. The molecule has 2 aromatic carbocycles. The van der Waals surface area contributed by atoms with E-state index in [0.29, 0.717) is 22.3 Å². The van der Waals surface area contributed by atoms with E-state index in [1.54, 1.807) is 12.1 Å². The quantitative estimate of drug-likeness (QED) is 0.421. The maximum atomic E-state index is 12.5. The fourth-order valence-electron chi connectivity index (χ4n) is 1.82. The van der Waals surface area contributed by atoms with Crippen molar-refractivity contribution in [1.82, 2.24) is 0 Å². The van der Waals surface area contributed by atoms with Crippen molar-refractivity contribution in [3.05, 3.63) is 72.3 Å². The van der Waals surface area contributed by atoms with Gasteiger partial charge in [-0.1, -0.05) is 18.2 Å². The number of ether oxygens (including phenoxy) is 2. The second-order valence-corrected chi connectivity index (χ2v) is 6.52. The van der Waals surface area contributed by atoms with Gasteiger partial charge in [0.25, 0.3) is 0 Å². The molecule has 2 rings (SSSR count). The number of halogens is 4. The summed E-state index contributed by atoms with van der Waals surface area (Å²) in [4.78, 5) is 0.904. The number of rotatable bonds is 7. The molecule has 132 valence electrons. The molecule has 0 amide bonds. The van der Waals surface area contributed by atoms with E-state index in [-0.39, 0.29) is 6.61 Å². The predicted octanol–water partition coefficient (Wildman–Crippen LogP) is 6.13. The van der Waals surface area contributed by atoms with Gasteiger partial charge in [-0.05, 0) is 48.0 Å². The van der Waals surface area contributed by atoms with Crippen LogP contribution in [0.15, 0.2) is 59.5 Å². The minimum Gasteiger partial charge on any atom is -0.489 e. The number of hydrogen-bond donors (Lipinski definition) is 0. The maximum absolute atomic E-state index is 12.5. The van der Waals surface area contributed by atoms with Crippen LogP contribution >= 0.6 is 23.4 Å². The maximum Gasteiger partial charge on any atom is 0.416 e. The monoisotopic (exact) mass is 386 g/mol. The van der Waals surface area contributed by atoms with Crippen molar-refractivity contribution in [1.29, 1.82) is 0 Å². The zero-order valence-corrected chi connectivity index (χ0v) is 14.5. The summed E-state index contributed by atoms with van der Waals surface area (Å²) in [6.45, 7) is 4.10. The number of alkyl halides is 3. The molecular weight excluding hydrogens is 373 g/mol. The Hall–Kier alpha value is -1.79. The van der Waals surface area contributed by atoms with Crippen molar-refractivity contribution >= 4 is 23.4 Å². The van der Waals surface area contributed by atoms with E-state index in [2.05, 4.69) is 11.3 Å². The van der Waals surface area contributed by atoms with Crippen molar-refractivity contribution in [2.24, 2.45) is 0 Å². The average molecular weight is 387 g/mol. The van der Waals surface area contributed by atoms with Gasteiger partial charge >= 0.3 is 6.18 Å². The van der Waals surface area contributed by atoms with Crippen molar-refractivity contribution in [3.63, 3.8) is 0 Å². The molecule has 0 heterocycles. The molecule has 0 fully saturated rings. The largest absolute Gasteiger partial charge is 0.489 e.